The SMILES string of the molecule is CC.CCOc1ccc(C(C)C)cc1F.CCc1cccc(OC)c1F. The molecule has 0 amide bonds. The Morgan fingerprint density at radius 2 is 1.62 bits per heavy atom. The Labute approximate surface area is 157 Å². The van der Waals surface area contributed by atoms with Gasteiger partial charge >= 0.3 is 0 Å². The third-order valence-electron chi connectivity index (χ3n) is 3.57. The topological polar surface area (TPSA) is 18.5 Å². The zero-order valence-electron chi connectivity index (χ0n) is 17.0. The molecule has 2 aromatic carbocycles. The minimum Gasteiger partial charge on any atom is -0.494 e. The van der Waals surface area contributed by atoms with Crippen molar-refractivity contribution in [3.63, 3.8) is 0 Å². The van der Waals surface area contributed by atoms with Crippen LogP contribution in [0.4, 0.5) is 8.78 Å². The molecule has 0 radical (unpaired) electrons. The van der Waals surface area contributed by atoms with Crippen molar-refractivity contribution >= 4 is 0 Å². The molecular formula is C22H32F2O2. The van der Waals surface area contributed by atoms with Crippen LogP contribution in [-0.4, -0.2) is 13.7 Å². The quantitative estimate of drug-likeness (QED) is 0.581. The lowest BCUT2D eigenvalue weighted by molar-refractivity contribution is 0.321. The molecule has 0 aromatic heterocycles. The zero-order valence-corrected chi connectivity index (χ0v) is 17.0. The van der Waals surface area contributed by atoms with Crippen molar-refractivity contribution in [2.45, 2.75) is 53.9 Å². The van der Waals surface area contributed by atoms with Crippen molar-refractivity contribution in [2.24, 2.45) is 0 Å². The summed E-state index contributed by atoms with van der Waals surface area (Å²) in [5, 5.41) is 0. The number of benzene rings is 2. The van der Waals surface area contributed by atoms with Gasteiger partial charge in [0.1, 0.15) is 0 Å². The summed E-state index contributed by atoms with van der Waals surface area (Å²) < 4.78 is 36.3. The van der Waals surface area contributed by atoms with Crippen LogP contribution < -0.4 is 9.47 Å². The number of rotatable bonds is 5. The third-order valence-corrected chi connectivity index (χ3v) is 3.57. The van der Waals surface area contributed by atoms with Gasteiger partial charge in [0.15, 0.2) is 23.1 Å². The van der Waals surface area contributed by atoms with Crippen LogP contribution in [0.15, 0.2) is 36.4 Å². The number of halogens is 2. The molecule has 0 bridgehead atoms. The second-order valence-electron chi connectivity index (χ2n) is 5.56. The van der Waals surface area contributed by atoms with Crippen LogP contribution in [0.3, 0.4) is 0 Å². The molecule has 0 saturated heterocycles. The normalized spacial score (nSPS) is 9.62. The van der Waals surface area contributed by atoms with Crippen LogP contribution in [0.5, 0.6) is 11.5 Å². The highest BCUT2D eigenvalue weighted by Crippen LogP contribution is 2.22. The summed E-state index contributed by atoms with van der Waals surface area (Å²) in [7, 11) is 1.47. The highest BCUT2D eigenvalue weighted by atomic mass is 19.1. The van der Waals surface area contributed by atoms with E-state index < -0.39 is 0 Å². The molecule has 0 aliphatic carbocycles. The van der Waals surface area contributed by atoms with Crippen molar-refractivity contribution in [2.75, 3.05) is 13.7 Å². The zero-order chi connectivity index (χ0) is 20.1. The van der Waals surface area contributed by atoms with Crippen LogP contribution in [0.2, 0.25) is 0 Å². The van der Waals surface area contributed by atoms with E-state index in [-0.39, 0.29) is 11.6 Å². The Morgan fingerprint density at radius 3 is 2.08 bits per heavy atom. The molecule has 0 unspecified atom stereocenters. The van der Waals surface area contributed by atoms with Crippen molar-refractivity contribution in [1.82, 2.24) is 0 Å². The van der Waals surface area contributed by atoms with E-state index in [1.54, 1.807) is 24.3 Å². The first-order valence-electron chi connectivity index (χ1n) is 9.18. The highest BCUT2D eigenvalue weighted by Gasteiger charge is 2.06. The molecule has 0 aliphatic rings. The van der Waals surface area contributed by atoms with Gasteiger partial charge in [-0.25, -0.2) is 8.78 Å². The smallest absolute Gasteiger partial charge is 0.168 e. The Balaban J connectivity index is 0.000000444. The number of ether oxygens (including phenoxy) is 2. The van der Waals surface area contributed by atoms with Crippen molar-refractivity contribution in [1.29, 1.82) is 0 Å². The lowest BCUT2D eigenvalue weighted by Gasteiger charge is -2.08. The van der Waals surface area contributed by atoms with E-state index in [1.807, 2.05) is 47.6 Å². The van der Waals surface area contributed by atoms with Crippen molar-refractivity contribution < 1.29 is 18.3 Å². The summed E-state index contributed by atoms with van der Waals surface area (Å²) in [6.45, 7) is 12.3. The average molecular weight is 366 g/mol. The van der Waals surface area contributed by atoms with Crippen LogP contribution >= 0.6 is 0 Å². The standard InChI is InChI=1S/C11H15FO.C9H11FO.C2H6/c1-4-13-11-6-5-9(8(2)3)7-10(11)12;1-3-7-5-4-6-8(11-2)9(7)10;1-2/h5-8H,4H2,1-3H3;4-6H,3H2,1-2H3;1-2H3. The summed E-state index contributed by atoms with van der Waals surface area (Å²) in [5.41, 5.74) is 1.70. The van der Waals surface area contributed by atoms with Gasteiger partial charge in [0.05, 0.1) is 13.7 Å². The summed E-state index contributed by atoms with van der Waals surface area (Å²) in [6, 6.07) is 10.3. The number of hydrogen-bond donors (Lipinski definition) is 0. The van der Waals surface area contributed by atoms with Gasteiger partial charge in [0, 0.05) is 0 Å². The summed E-state index contributed by atoms with van der Waals surface area (Å²) >= 11 is 0. The molecule has 0 spiro atoms. The third kappa shape index (κ3) is 7.42. The van der Waals surface area contributed by atoms with E-state index in [1.165, 1.54) is 13.2 Å². The fraction of sp³-hybridized carbons (Fsp3) is 0.455. The predicted octanol–water partition coefficient (Wildman–Crippen LogP) is 6.77. The molecule has 0 N–H and O–H groups in total. The Morgan fingerprint density at radius 1 is 0.962 bits per heavy atom. The molecule has 2 rings (SSSR count). The van der Waals surface area contributed by atoms with E-state index in [0.717, 1.165) is 5.56 Å². The Kier molecular flexibility index (Phi) is 12.1. The van der Waals surface area contributed by atoms with Gasteiger partial charge in [-0.3, -0.25) is 0 Å². The fourth-order valence-electron chi connectivity index (χ4n) is 2.14. The van der Waals surface area contributed by atoms with Gasteiger partial charge < -0.3 is 9.47 Å². The first kappa shape index (κ1) is 23.9. The summed E-state index contributed by atoms with van der Waals surface area (Å²) in [4.78, 5) is 0. The molecule has 0 aliphatic heterocycles. The van der Waals surface area contributed by atoms with E-state index in [9.17, 15) is 8.78 Å². The minimum absolute atomic E-state index is 0.238. The van der Waals surface area contributed by atoms with Gasteiger partial charge in [0.25, 0.3) is 0 Å². The maximum atomic E-state index is 13.3. The average Bonchev–Trinajstić information content (AvgIpc) is 2.66. The van der Waals surface area contributed by atoms with Crippen LogP contribution in [0.25, 0.3) is 0 Å². The van der Waals surface area contributed by atoms with E-state index >= 15 is 0 Å². The number of aryl methyl sites for hydroxylation is 1. The first-order valence-corrected chi connectivity index (χ1v) is 9.18. The van der Waals surface area contributed by atoms with Gasteiger partial charge in [-0.05, 0) is 48.6 Å². The van der Waals surface area contributed by atoms with E-state index in [4.69, 9.17) is 9.47 Å². The minimum atomic E-state index is -0.270. The predicted molar refractivity (Wildman–Crippen MR) is 105 cm³/mol. The highest BCUT2D eigenvalue weighted by molar-refractivity contribution is 5.31. The van der Waals surface area contributed by atoms with Gasteiger partial charge in [-0.2, -0.15) is 0 Å². The number of methoxy groups -OCH3 is 1. The molecule has 0 atom stereocenters. The Hall–Kier alpha value is -2.10. The summed E-state index contributed by atoms with van der Waals surface area (Å²) in [5.74, 6) is 0.506. The monoisotopic (exact) mass is 366 g/mol. The van der Waals surface area contributed by atoms with Gasteiger partial charge in [-0.1, -0.05) is 52.8 Å². The van der Waals surface area contributed by atoms with Crippen LogP contribution in [0.1, 0.15) is 58.6 Å². The molecule has 0 heterocycles. The van der Waals surface area contributed by atoms with E-state index in [0.29, 0.717) is 36.0 Å². The van der Waals surface area contributed by atoms with E-state index in [2.05, 4.69) is 0 Å². The summed E-state index contributed by atoms with van der Waals surface area (Å²) in [6.07, 6.45) is 0.697. The number of hydrogen-bond acceptors (Lipinski definition) is 2. The van der Waals surface area contributed by atoms with Crippen LogP contribution in [0, 0.1) is 11.6 Å². The largest absolute Gasteiger partial charge is 0.494 e. The molecule has 4 heteroatoms. The molecule has 0 fully saturated rings. The van der Waals surface area contributed by atoms with Gasteiger partial charge in [0.2, 0.25) is 0 Å². The molecule has 26 heavy (non-hydrogen) atoms. The molecule has 146 valence electrons. The Bertz CT molecular complexity index is 618. The second kappa shape index (κ2) is 13.2. The van der Waals surface area contributed by atoms with Crippen molar-refractivity contribution in [3.8, 4) is 11.5 Å². The fourth-order valence-corrected chi connectivity index (χ4v) is 2.14. The first-order chi connectivity index (χ1) is 12.4. The lowest BCUT2D eigenvalue weighted by Crippen LogP contribution is -1.96. The molecule has 2 nitrogen and oxygen atoms in total. The lowest BCUT2D eigenvalue weighted by atomic mass is 10.0. The molecular weight excluding hydrogens is 334 g/mol. The van der Waals surface area contributed by atoms with Crippen molar-refractivity contribution in [3.05, 3.63) is 59.2 Å². The maximum absolute atomic E-state index is 13.3. The maximum Gasteiger partial charge on any atom is 0.168 e. The molecule has 0 saturated carbocycles. The van der Waals surface area contributed by atoms with Gasteiger partial charge in [-0.15, -0.1) is 0 Å². The second-order valence-corrected chi connectivity index (χ2v) is 5.56. The van der Waals surface area contributed by atoms with Crippen LogP contribution in [-0.2, 0) is 6.42 Å². The molecule has 2 aromatic rings.